The Kier molecular flexibility index (Phi) is 3.27. The molecule has 1 saturated heterocycles. The highest BCUT2D eigenvalue weighted by molar-refractivity contribution is 5.77. The van der Waals surface area contributed by atoms with Gasteiger partial charge >= 0.3 is 5.97 Å². The van der Waals surface area contributed by atoms with Crippen LogP contribution in [-0.2, 0) is 9.53 Å². The maximum Gasteiger partial charge on any atom is 0.326 e. The average molecular weight is 187 g/mol. The minimum absolute atomic E-state index is 0.117. The zero-order valence-electron chi connectivity index (χ0n) is 8.36. The molecule has 76 valence electrons. The molecule has 1 aliphatic rings. The van der Waals surface area contributed by atoms with E-state index in [2.05, 4.69) is 0 Å². The van der Waals surface area contributed by atoms with Crippen molar-refractivity contribution >= 4 is 5.97 Å². The Morgan fingerprint density at radius 3 is 2.62 bits per heavy atom. The molecule has 13 heavy (non-hydrogen) atoms. The highest BCUT2D eigenvalue weighted by Gasteiger charge is 2.37. The minimum Gasteiger partial charge on any atom is -0.462 e. The van der Waals surface area contributed by atoms with Crippen molar-refractivity contribution < 1.29 is 14.6 Å². The first kappa shape index (κ1) is 10.5. The second kappa shape index (κ2) is 4.07. The first-order valence-electron chi connectivity index (χ1n) is 4.61. The van der Waals surface area contributed by atoms with Crippen LogP contribution in [0.25, 0.3) is 0 Å². The van der Waals surface area contributed by atoms with E-state index in [1.54, 1.807) is 13.8 Å². The Balaban J connectivity index is 2.54. The number of nitrogens with zero attached hydrogens (tertiary/aromatic N) is 1. The van der Waals surface area contributed by atoms with Crippen LogP contribution in [0, 0.1) is 0 Å². The van der Waals surface area contributed by atoms with Crippen molar-refractivity contribution in [1.82, 2.24) is 4.90 Å². The van der Waals surface area contributed by atoms with Gasteiger partial charge in [-0.15, -0.1) is 0 Å². The lowest BCUT2D eigenvalue weighted by Gasteiger charge is -2.21. The zero-order valence-corrected chi connectivity index (χ0v) is 8.36. The number of hydrogen-bond acceptors (Lipinski definition) is 4. The predicted octanol–water partition coefficient (Wildman–Crippen LogP) is 0.00300. The molecule has 1 heterocycles. The number of aliphatic hydroxyl groups is 1. The molecule has 0 aromatic carbocycles. The summed E-state index contributed by atoms with van der Waals surface area (Å²) in [5.74, 6) is -0.317. The van der Waals surface area contributed by atoms with Gasteiger partial charge < -0.3 is 9.84 Å². The smallest absolute Gasteiger partial charge is 0.326 e. The Morgan fingerprint density at radius 2 is 2.23 bits per heavy atom. The highest BCUT2D eigenvalue weighted by Crippen LogP contribution is 2.17. The Bertz CT molecular complexity index is 183. The number of likely N-dealkylation sites (N-methyl/N-ethyl adjacent to an activating group) is 1. The molecule has 0 bridgehead atoms. The van der Waals surface area contributed by atoms with Crippen LogP contribution in [0.15, 0.2) is 0 Å². The SMILES string of the molecule is CC(C)OC(=O)[C@@H]1[C@@H](O)CCN1C. The van der Waals surface area contributed by atoms with Crippen LogP contribution in [0.5, 0.6) is 0 Å². The number of carbonyl (C=O) groups is 1. The van der Waals surface area contributed by atoms with Gasteiger partial charge in [0.25, 0.3) is 0 Å². The van der Waals surface area contributed by atoms with Gasteiger partial charge in [0.1, 0.15) is 6.04 Å². The maximum absolute atomic E-state index is 11.5. The van der Waals surface area contributed by atoms with E-state index in [4.69, 9.17) is 4.74 Å². The fourth-order valence-corrected chi connectivity index (χ4v) is 1.57. The summed E-state index contributed by atoms with van der Waals surface area (Å²) in [6.07, 6.45) is -0.0427. The van der Waals surface area contributed by atoms with E-state index in [1.807, 2.05) is 11.9 Å². The standard InChI is InChI=1S/C9H17NO3/c1-6(2)13-9(12)8-7(11)4-5-10(8)3/h6-8,11H,4-5H2,1-3H3/t7-,8-/m0/s1. The molecule has 0 saturated carbocycles. The molecule has 1 fully saturated rings. The number of ether oxygens (including phenoxy) is 1. The fraction of sp³-hybridized carbons (Fsp3) is 0.889. The Morgan fingerprint density at radius 1 is 1.62 bits per heavy atom. The van der Waals surface area contributed by atoms with E-state index in [0.29, 0.717) is 6.42 Å². The molecule has 4 nitrogen and oxygen atoms in total. The van der Waals surface area contributed by atoms with Gasteiger partial charge in [0.2, 0.25) is 0 Å². The van der Waals surface area contributed by atoms with E-state index < -0.39 is 12.1 Å². The van der Waals surface area contributed by atoms with Crippen LogP contribution >= 0.6 is 0 Å². The van der Waals surface area contributed by atoms with Gasteiger partial charge in [-0.2, -0.15) is 0 Å². The molecule has 0 aromatic heterocycles. The number of carbonyl (C=O) groups excluding carboxylic acids is 1. The molecular weight excluding hydrogens is 170 g/mol. The quantitative estimate of drug-likeness (QED) is 0.618. The van der Waals surface area contributed by atoms with E-state index in [-0.39, 0.29) is 12.1 Å². The number of esters is 1. The van der Waals surface area contributed by atoms with E-state index in [0.717, 1.165) is 6.54 Å². The van der Waals surface area contributed by atoms with Gasteiger partial charge in [-0.25, -0.2) is 0 Å². The van der Waals surface area contributed by atoms with Crippen molar-refractivity contribution in [1.29, 1.82) is 0 Å². The van der Waals surface area contributed by atoms with E-state index >= 15 is 0 Å². The first-order chi connectivity index (χ1) is 6.02. The molecule has 0 aliphatic carbocycles. The second-order valence-electron chi connectivity index (χ2n) is 3.77. The van der Waals surface area contributed by atoms with Crippen LogP contribution < -0.4 is 0 Å². The lowest BCUT2D eigenvalue weighted by Crippen LogP contribution is -2.41. The van der Waals surface area contributed by atoms with Crippen molar-refractivity contribution in [2.75, 3.05) is 13.6 Å². The summed E-state index contributed by atoms with van der Waals surface area (Å²) in [7, 11) is 1.82. The van der Waals surface area contributed by atoms with Gasteiger partial charge in [-0.3, -0.25) is 9.69 Å². The topological polar surface area (TPSA) is 49.8 Å². The molecule has 1 N–H and O–H groups in total. The minimum atomic E-state index is -0.573. The highest BCUT2D eigenvalue weighted by atomic mass is 16.5. The Hall–Kier alpha value is -0.610. The summed E-state index contributed by atoms with van der Waals surface area (Å²) < 4.78 is 5.03. The monoisotopic (exact) mass is 187 g/mol. The summed E-state index contributed by atoms with van der Waals surface area (Å²) in [6, 6.07) is -0.470. The van der Waals surface area contributed by atoms with E-state index in [9.17, 15) is 9.90 Å². The largest absolute Gasteiger partial charge is 0.462 e. The summed E-state index contributed by atoms with van der Waals surface area (Å²) in [5, 5.41) is 9.50. The zero-order chi connectivity index (χ0) is 10.0. The van der Waals surface area contributed by atoms with Crippen LogP contribution in [0.4, 0.5) is 0 Å². The molecule has 4 heteroatoms. The normalized spacial score (nSPS) is 29.6. The van der Waals surface area contributed by atoms with Crippen molar-refractivity contribution in [2.24, 2.45) is 0 Å². The molecule has 0 aromatic rings. The van der Waals surface area contributed by atoms with Crippen LogP contribution in [0.1, 0.15) is 20.3 Å². The molecule has 2 atom stereocenters. The summed E-state index contributed by atoms with van der Waals surface area (Å²) in [4.78, 5) is 13.3. The van der Waals surface area contributed by atoms with Crippen LogP contribution in [0.3, 0.4) is 0 Å². The molecule has 0 unspecified atom stereocenters. The van der Waals surface area contributed by atoms with Gasteiger partial charge in [-0.05, 0) is 27.3 Å². The van der Waals surface area contributed by atoms with Crippen LogP contribution in [0.2, 0.25) is 0 Å². The fourth-order valence-electron chi connectivity index (χ4n) is 1.57. The predicted molar refractivity (Wildman–Crippen MR) is 48.3 cm³/mol. The van der Waals surface area contributed by atoms with Crippen molar-refractivity contribution in [3.8, 4) is 0 Å². The summed E-state index contributed by atoms with van der Waals surface area (Å²) in [5.41, 5.74) is 0. The number of aliphatic hydroxyl groups excluding tert-OH is 1. The maximum atomic E-state index is 11.5. The van der Waals surface area contributed by atoms with Crippen LogP contribution in [-0.4, -0.2) is 47.8 Å². The third-order valence-electron chi connectivity index (χ3n) is 2.21. The molecular formula is C9H17NO3. The third kappa shape index (κ3) is 2.42. The second-order valence-corrected chi connectivity index (χ2v) is 3.77. The molecule has 1 aliphatic heterocycles. The molecule has 1 rings (SSSR count). The van der Waals surface area contributed by atoms with Crippen molar-refractivity contribution in [3.05, 3.63) is 0 Å². The average Bonchev–Trinajstić information content (AvgIpc) is 2.29. The lowest BCUT2D eigenvalue weighted by atomic mass is 10.2. The van der Waals surface area contributed by atoms with E-state index in [1.165, 1.54) is 0 Å². The van der Waals surface area contributed by atoms with Gasteiger partial charge in [0.15, 0.2) is 0 Å². The summed E-state index contributed by atoms with van der Waals surface area (Å²) >= 11 is 0. The van der Waals surface area contributed by atoms with Gasteiger partial charge in [0, 0.05) is 6.54 Å². The third-order valence-corrected chi connectivity index (χ3v) is 2.21. The number of rotatable bonds is 2. The van der Waals surface area contributed by atoms with Crippen molar-refractivity contribution in [3.63, 3.8) is 0 Å². The molecule has 0 spiro atoms. The first-order valence-corrected chi connectivity index (χ1v) is 4.61. The lowest BCUT2D eigenvalue weighted by molar-refractivity contribution is -0.155. The summed E-state index contributed by atoms with van der Waals surface area (Å²) in [6.45, 7) is 4.36. The number of likely N-dealkylation sites (tertiary alicyclic amines) is 1. The molecule has 0 amide bonds. The van der Waals surface area contributed by atoms with Gasteiger partial charge in [0.05, 0.1) is 12.2 Å². The van der Waals surface area contributed by atoms with Gasteiger partial charge in [-0.1, -0.05) is 0 Å². The number of hydrogen-bond donors (Lipinski definition) is 1. The molecule has 0 radical (unpaired) electrons. The Labute approximate surface area is 78.5 Å². The van der Waals surface area contributed by atoms with Crippen molar-refractivity contribution in [2.45, 2.75) is 38.5 Å².